The number of hydrazone groups is 1. The van der Waals surface area contributed by atoms with E-state index in [0.29, 0.717) is 16.9 Å². The molecule has 0 aliphatic heterocycles. The summed E-state index contributed by atoms with van der Waals surface area (Å²) < 4.78 is 5.78. The molecule has 0 saturated heterocycles. The molecule has 2 aromatic rings. The van der Waals surface area contributed by atoms with E-state index in [1.807, 2.05) is 19.1 Å². The number of aryl methyl sites for hydroxylation is 1. The molecule has 2 aromatic carbocycles. The molecule has 5 nitrogen and oxygen atoms in total. The van der Waals surface area contributed by atoms with Crippen molar-refractivity contribution in [1.82, 2.24) is 5.43 Å². The molecule has 6 heteroatoms. The second kappa shape index (κ2) is 7.09. The number of carbonyl (C=O) groups excluding carboxylic acids is 1. The molecule has 0 atom stereocenters. The Balaban J connectivity index is 2.11. The number of halogens is 1. The van der Waals surface area contributed by atoms with Crippen LogP contribution in [0, 0.1) is 6.92 Å². The van der Waals surface area contributed by atoms with Crippen molar-refractivity contribution in [2.75, 3.05) is 7.11 Å². The van der Waals surface area contributed by atoms with Crippen molar-refractivity contribution in [3.05, 3.63) is 57.6 Å². The van der Waals surface area contributed by atoms with Crippen LogP contribution in [0.5, 0.6) is 11.5 Å². The summed E-state index contributed by atoms with van der Waals surface area (Å²) in [5, 5.41) is 13.8. The molecule has 0 aromatic heterocycles. The van der Waals surface area contributed by atoms with Gasteiger partial charge < -0.3 is 9.84 Å². The molecule has 0 bridgehead atoms. The van der Waals surface area contributed by atoms with Crippen molar-refractivity contribution in [2.45, 2.75) is 6.92 Å². The molecule has 2 rings (SSSR count). The van der Waals surface area contributed by atoms with E-state index in [-0.39, 0.29) is 11.7 Å². The SMILES string of the molecule is COc1cc(Br)cc(/C=N/NC(=O)c2ccc(C)cc2)c1O. The third-order valence-electron chi connectivity index (χ3n) is 2.97. The molecule has 0 aliphatic carbocycles. The van der Waals surface area contributed by atoms with E-state index in [4.69, 9.17) is 4.74 Å². The van der Waals surface area contributed by atoms with Gasteiger partial charge in [-0.2, -0.15) is 5.10 Å². The van der Waals surface area contributed by atoms with Gasteiger partial charge in [-0.3, -0.25) is 4.79 Å². The molecule has 0 aliphatic rings. The molecule has 22 heavy (non-hydrogen) atoms. The van der Waals surface area contributed by atoms with Crippen LogP contribution in [0.2, 0.25) is 0 Å². The number of phenols is 1. The van der Waals surface area contributed by atoms with E-state index in [9.17, 15) is 9.90 Å². The average Bonchev–Trinajstić information content (AvgIpc) is 2.50. The van der Waals surface area contributed by atoms with Crippen LogP contribution in [0.1, 0.15) is 21.5 Å². The predicted molar refractivity (Wildman–Crippen MR) is 88.6 cm³/mol. The summed E-state index contributed by atoms with van der Waals surface area (Å²) in [6, 6.07) is 10.4. The van der Waals surface area contributed by atoms with Gasteiger partial charge >= 0.3 is 0 Å². The van der Waals surface area contributed by atoms with E-state index < -0.39 is 0 Å². The number of phenolic OH excluding ortho intramolecular Hbond substituents is 1. The van der Waals surface area contributed by atoms with Crippen molar-refractivity contribution in [2.24, 2.45) is 5.10 Å². The fourth-order valence-electron chi connectivity index (χ4n) is 1.78. The van der Waals surface area contributed by atoms with Crippen LogP contribution in [0.25, 0.3) is 0 Å². The number of nitrogens with one attached hydrogen (secondary N) is 1. The highest BCUT2D eigenvalue weighted by atomic mass is 79.9. The molecule has 0 saturated carbocycles. The van der Waals surface area contributed by atoms with Crippen molar-refractivity contribution < 1.29 is 14.6 Å². The molecular formula is C16H15BrN2O3. The van der Waals surface area contributed by atoms with Gasteiger partial charge in [0.2, 0.25) is 0 Å². The first kappa shape index (κ1) is 16.0. The number of benzene rings is 2. The second-order valence-electron chi connectivity index (χ2n) is 4.61. The summed E-state index contributed by atoms with van der Waals surface area (Å²) in [4.78, 5) is 11.9. The Labute approximate surface area is 136 Å². The van der Waals surface area contributed by atoms with Gasteiger partial charge in [-0.05, 0) is 31.2 Å². The lowest BCUT2D eigenvalue weighted by atomic mass is 10.1. The van der Waals surface area contributed by atoms with Gasteiger partial charge in [0.15, 0.2) is 11.5 Å². The minimum Gasteiger partial charge on any atom is -0.504 e. The first-order chi connectivity index (χ1) is 10.5. The number of nitrogens with zero attached hydrogens (tertiary/aromatic N) is 1. The maximum atomic E-state index is 11.9. The molecule has 0 radical (unpaired) electrons. The van der Waals surface area contributed by atoms with Crippen molar-refractivity contribution in [3.8, 4) is 11.5 Å². The molecular weight excluding hydrogens is 348 g/mol. The van der Waals surface area contributed by atoms with E-state index in [1.165, 1.54) is 13.3 Å². The summed E-state index contributed by atoms with van der Waals surface area (Å²) in [5.41, 5.74) is 4.43. The minimum atomic E-state index is -0.322. The highest BCUT2D eigenvalue weighted by Crippen LogP contribution is 2.32. The third-order valence-corrected chi connectivity index (χ3v) is 3.43. The zero-order valence-electron chi connectivity index (χ0n) is 12.1. The van der Waals surface area contributed by atoms with Gasteiger partial charge in [0.1, 0.15) is 0 Å². The van der Waals surface area contributed by atoms with Gasteiger partial charge in [0, 0.05) is 15.6 Å². The van der Waals surface area contributed by atoms with Gasteiger partial charge in [-0.1, -0.05) is 33.6 Å². The van der Waals surface area contributed by atoms with Crippen molar-refractivity contribution in [1.29, 1.82) is 0 Å². The molecule has 0 spiro atoms. The van der Waals surface area contributed by atoms with Crippen molar-refractivity contribution >= 4 is 28.1 Å². The van der Waals surface area contributed by atoms with Crippen LogP contribution in [-0.2, 0) is 0 Å². The zero-order valence-corrected chi connectivity index (χ0v) is 13.7. The standard InChI is InChI=1S/C16H15BrN2O3/c1-10-3-5-11(6-4-10)16(21)19-18-9-12-7-13(17)8-14(22-2)15(12)20/h3-9,20H,1-2H3,(H,19,21)/b18-9+. The minimum absolute atomic E-state index is 0.0426. The first-order valence-electron chi connectivity index (χ1n) is 6.48. The molecule has 0 heterocycles. The van der Waals surface area contributed by atoms with Crippen LogP contribution in [-0.4, -0.2) is 24.3 Å². The Hall–Kier alpha value is -2.34. The number of hydrogen-bond donors (Lipinski definition) is 2. The van der Waals surface area contributed by atoms with Gasteiger partial charge in [0.25, 0.3) is 5.91 Å². The summed E-state index contributed by atoms with van der Waals surface area (Å²) in [6.45, 7) is 1.95. The second-order valence-corrected chi connectivity index (χ2v) is 5.53. The van der Waals surface area contributed by atoms with Crippen molar-refractivity contribution in [3.63, 3.8) is 0 Å². The lowest BCUT2D eigenvalue weighted by molar-refractivity contribution is 0.0955. The van der Waals surface area contributed by atoms with Crippen LogP contribution in [0.4, 0.5) is 0 Å². The largest absolute Gasteiger partial charge is 0.504 e. The van der Waals surface area contributed by atoms with E-state index >= 15 is 0 Å². The maximum absolute atomic E-state index is 11.9. The molecule has 1 amide bonds. The van der Waals surface area contributed by atoms with Crippen LogP contribution < -0.4 is 10.2 Å². The Bertz CT molecular complexity index is 712. The Kier molecular flexibility index (Phi) is 5.16. The Morgan fingerprint density at radius 3 is 2.64 bits per heavy atom. The molecule has 0 unspecified atom stereocenters. The van der Waals surface area contributed by atoms with Crippen LogP contribution in [0.3, 0.4) is 0 Å². The van der Waals surface area contributed by atoms with Gasteiger partial charge in [-0.15, -0.1) is 0 Å². The molecule has 114 valence electrons. The zero-order chi connectivity index (χ0) is 16.1. The smallest absolute Gasteiger partial charge is 0.271 e. The number of amides is 1. The van der Waals surface area contributed by atoms with Crippen LogP contribution >= 0.6 is 15.9 Å². The fraction of sp³-hybridized carbons (Fsp3) is 0.125. The topological polar surface area (TPSA) is 70.9 Å². The van der Waals surface area contributed by atoms with E-state index in [0.717, 1.165) is 10.0 Å². The summed E-state index contributed by atoms with van der Waals surface area (Å²) in [5.74, 6) is -0.0441. The number of aromatic hydroxyl groups is 1. The molecule has 0 fully saturated rings. The Morgan fingerprint density at radius 1 is 1.32 bits per heavy atom. The number of rotatable bonds is 4. The quantitative estimate of drug-likeness (QED) is 0.647. The maximum Gasteiger partial charge on any atom is 0.271 e. The number of methoxy groups -OCH3 is 1. The van der Waals surface area contributed by atoms with E-state index in [2.05, 4.69) is 26.5 Å². The summed E-state index contributed by atoms with van der Waals surface area (Å²) >= 11 is 3.31. The highest BCUT2D eigenvalue weighted by molar-refractivity contribution is 9.10. The third kappa shape index (κ3) is 3.85. The lowest BCUT2D eigenvalue weighted by Crippen LogP contribution is -2.17. The fourth-order valence-corrected chi connectivity index (χ4v) is 2.23. The van der Waals surface area contributed by atoms with Gasteiger partial charge in [-0.25, -0.2) is 5.43 Å². The summed E-state index contributed by atoms with van der Waals surface area (Å²) in [6.07, 6.45) is 1.36. The predicted octanol–water partition coefficient (Wildman–Crippen LogP) is 3.24. The average molecular weight is 363 g/mol. The number of carbonyl (C=O) groups is 1. The Morgan fingerprint density at radius 2 is 2.00 bits per heavy atom. The number of ether oxygens (including phenoxy) is 1. The summed E-state index contributed by atoms with van der Waals surface area (Å²) in [7, 11) is 1.46. The normalized spacial score (nSPS) is 10.7. The monoisotopic (exact) mass is 362 g/mol. The van der Waals surface area contributed by atoms with Crippen LogP contribution in [0.15, 0.2) is 46.0 Å². The number of hydrogen-bond acceptors (Lipinski definition) is 4. The first-order valence-corrected chi connectivity index (χ1v) is 7.27. The van der Waals surface area contributed by atoms with Gasteiger partial charge in [0.05, 0.1) is 13.3 Å². The lowest BCUT2D eigenvalue weighted by Gasteiger charge is -2.06. The molecule has 2 N–H and O–H groups in total. The van der Waals surface area contributed by atoms with E-state index in [1.54, 1.807) is 24.3 Å². The highest BCUT2D eigenvalue weighted by Gasteiger charge is 2.08.